The third-order valence-corrected chi connectivity index (χ3v) is 3.62. The van der Waals surface area contributed by atoms with Crippen LogP contribution < -0.4 is 10.6 Å². The first-order valence-corrected chi connectivity index (χ1v) is 8.12. The van der Waals surface area contributed by atoms with Gasteiger partial charge in [0.25, 0.3) is 0 Å². The van der Waals surface area contributed by atoms with E-state index in [1.54, 1.807) is 6.26 Å². The van der Waals surface area contributed by atoms with E-state index in [1.165, 1.54) is 0 Å². The summed E-state index contributed by atoms with van der Waals surface area (Å²) in [5.74, 6) is 1.75. The molecule has 0 atom stereocenters. The minimum Gasteiger partial charge on any atom is -0.469 e. The van der Waals surface area contributed by atoms with Gasteiger partial charge in [0.2, 0.25) is 5.91 Å². The van der Waals surface area contributed by atoms with Crippen molar-refractivity contribution in [3.8, 4) is 0 Å². The van der Waals surface area contributed by atoms with Crippen LogP contribution in [0.1, 0.15) is 31.9 Å². The molecule has 1 fully saturated rings. The summed E-state index contributed by atoms with van der Waals surface area (Å²) in [4.78, 5) is 18.3. The van der Waals surface area contributed by atoms with Crippen molar-refractivity contribution < 1.29 is 9.21 Å². The maximum atomic E-state index is 12.0. The normalized spacial score (nSPS) is 14.5. The molecule has 1 saturated heterocycles. The summed E-state index contributed by atoms with van der Waals surface area (Å²) in [7, 11) is 0. The van der Waals surface area contributed by atoms with Crippen LogP contribution in [0.5, 0.6) is 0 Å². The highest BCUT2D eigenvalue weighted by atomic mass is 127. The predicted octanol–water partition coefficient (Wildman–Crippen LogP) is 2.01. The molecule has 1 amide bonds. The minimum absolute atomic E-state index is 0. The van der Waals surface area contributed by atoms with Crippen molar-refractivity contribution in [1.82, 2.24) is 15.5 Å². The lowest BCUT2D eigenvalue weighted by molar-refractivity contribution is -0.128. The van der Waals surface area contributed by atoms with E-state index in [0.717, 1.165) is 57.6 Å². The van der Waals surface area contributed by atoms with Crippen LogP contribution in [0.3, 0.4) is 0 Å². The molecule has 0 bridgehead atoms. The Hall–Kier alpha value is -1.25. The van der Waals surface area contributed by atoms with Crippen molar-refractivity contribution in [3.63, 3.8) is 0 Å². The zero-order valence-corrected chi connectivity index (χ0v) is 16.0. The molecular formula is C16H27IN4O2. The summed E-state index contributed by atoms with van der Waals surface area (Å²) in [5, 5.41) is 6.48. The fourth-order valence-electron chi connectivity index (χ4n) is 2.39. The molecule has 1 aliphatic heterocycles. The first-order chi connectivity index (χ1) is 10.8. The van der Waals surface area contributed by atoms with Crippen LogP contribution in [0.2, 0.25) is 0 Å². The van der Waals surface area contributed by atoms with E-state index >= 15 is 0 Å². The molecule has 130 valence electrons. The summed E-state index contributed by atoms with van der Waals surface area (Å²) in [6, 6.07) is 3.84. The number of halogens is 1. The van der Waals surface area contributed by atoms with Crippen molar-refractivity contribution in [3.05, 3.63) is 24.2 Å². The van der Waals surface area contributed by atoms with Crippen LogP contribution in [-0.4, -0.2) is 49.5 Å². The molecule has 2 heterocycles. The van der Waals surface area contributed by atoms with E-state index in [2.05, 4.69) is 22.5 Å². The van der Waals surface area contributed by atoms with Crippen LogP contribution in [0, 0.1) is 0 Å². The van der Waals surface area contributed by atoms with Gasteiger partial charge in [-0.1, -0.05) is 6.92 Å². The van der Waals surface area contributed by atoms with Gasteiger partial charge in [-0.2, -0.15) is 0 Å². The quantitative estimate of drug-likeness (QED) is 0.392. The fraction of sp³-hybridized carbons (Fsp3) is 0.625. The van der Waals surface area contributed by atoms with Crippen LogP contribution >= 0.6 is 24.0 Å². The zero-order valence-electron chi connectivity index (χ0n) is 13.7. The zero-order chi connectivity index (χ0) is 15.6. The van der Waals surface area contributed by atoms with Gasteiger partial charge in [0.1, 0.15) is 12.3 Å². The predicted molar refractivity (Wildman–Crippen MR) is 102 cm³/mol. The molecule has 2 N–H and O–H groups in total. The molecule has 7 heteroatoms. The Bertz CT molecular complexity index is 470. The number of hydrogen-bond donors (Lipinski definition) is 2. The average molecular weight is 434 g/mol. The molecule has 0 aliphatic carbocycles. The van der Waals surface area contributed by atoms with Gasteiger partial charge in [-0.15, -0.1) is 24.0 Å². The molecule has 1 aromatic rings. The van der Waals surface area contributed by atoms with Crippen LogP contribution in [0.4, 0.5) is 0 Å². The number of aliphatic imine (C=N–C) groups is 1. The lowest BCUT2D eigenvalue weighted by atomic mass is 10.3. The lowest BCUT2D eigenvalue weighted by Crippen LogP contribution is -2.40. The Morgan fingerprint density at radius 3 is 2.70 bits per heavy atom. The number of hydrogen-bond acceptors (Lipinski definition) is 3. The summed E-state index contributed by atoms with van der Waals surface area (Å²) in [5.41, 5.74) is 0. The number of amides is 1. The van der Waals surface area contributed by atoms with Crippen molar-refractivity contribution in [2.75, 3.05) is 32.7 Å². The van der Waals surface area contributed by atoms with E-state index in [4.69, 9.17) is 4.42 Å². The summed E-state index contributed by atoms with van der Waals surface area (Å²) < 4.78 is 5.30. The maximum absolute atomic E-state index is 12.0. The topological polar surface area (TPSA) is 69.9 Å². The molecule has 23 heavy (non-hydrogen) atoms. The Morgan fingerprint density at radius 2 is 2.04 bits per heavy atom. The molecular weight excluding hydrogens is 407 g/mol. The summed E-state index contributed by atoms with van der Waals surface area (Å²) >= 11 is 0. The summed E-state index contributed by atoms with van der Waals surface area (Å²) in [6.45, 7) is 5.62. The number of carbonyl (C=O) groups is 1. The number of likely N-dealkylation sites (tertiary alicyclic amines) is 1. The Morgan fingerprint density at radius 1 is 1.30 bits per heavy atom. The standard InChI is InChI=1S/C16H26N4O2.HI/c1-2-8-17-16(18-9-7-14-6-5-12-22-14)19-13-15(21)20-10-3-4-11-20;/h5-6,12H,2-4,7-11,13H2,1H3,(H2,17,18,19);1H. The highest BCUT2D eigenvalue weighted by Gasteiger charge is 2.17. The van der Waals surface area contributed by atoms with Gasteiger partial charge < -0.3 is 20.0 Å². The molecule has 1 aliphatic rings. The highest BCUT2D eigenvalue weighted by Crippen LogP contribution is 2.07. The number of guanidine groups is 1. The lowest BCUT2D eigenvalue weighted by Gasteiger charge is -2.15. The number of rotatable bonds is 7. The second-order valence-electron chi connectivity index (χ2n) is 5.44. The van der Waals surface area contributed by atoms with Crippen molar-refractivity contribution in [2.45, 2.75) is 32.6 Å². The molecule has 0 radical (unpaired) electrons. The van der Waals surface area contributed by atoms with Gasteiger partial charge in [0, 0.05) is 32.6 Å². The number of nitrogens with one attached hydrogen (secondary N) is 2. The monoisotopic (exact) mass is 434 g/mol. The number of furan rings is 1. The molecule has 1 aromatic heterocycles. The van der Waals surface area contributed by atoms with Gasteiger partial charge in [0.05, 0.1) is 6.26 Å². The Balaban J connectivity index is 0.00000264. The van der Waals surface area contributed by atoms with E-state index in [-0.39, 0.29) is 36.4 Å². The molecule has 0 saturated carbocycles. The summed E-state index contributed by atoms with van der Waals surface area (Å²) in [6.07, 6.45) is 5.70. The smallest absolute Gasteiger partial charge is 0.244 e. The fourth-order valence-corrected chi connectivity index (χ4v) is 2.39. The highest BCUT2D eigenvalue weighted by molar-refractivity contribution is 14.0. The van der Waals surface area contributed by atoms with Gasteiger partial charge >= 0.3 is 0 Å². The molecule has 6 nitrogen and oxygen atoms in total. The SMILES string of the molecule is CCCNC(=NCC(=O)N1CCCC1)NCCc1ccco1.I. The van der Waals surface area contributed by atoms with Crippen LogP contribution in [0.25, 0.3) is 0 Å². The second-order valence-corrected chi connectivity index (χ2v) is 5.44. The van der Waals surface area contributed by atoms with Crippen molar-refractivity contribution >= 4 is 35.8 Å². The molecule has 0 aromatic carbocycles. The Kier molecular flexibility index (Phi) is 9.74. The van der Waals surface area contributed by atoms with Gasteiger partial charge in [0.15, 0.2) is 5.96 Å². The number of carbonyl (C=O) groups excluding carboxylic acids is 1. The molecule has 0 spiro atoms. The van der Waals surface area contributed by atoms with Gasteiger partial charge in [-0.25, -0.2) is 4.99 Å². The van der Waals surface area contributed by atoms with Gasteiger partial charge in [-0.3, -0.25) is 4.79 Å². The van der Waals surface area contributed by atoms with Gasteiger partial charge in [-0.05, 0) is 31.4 Å². The van der Waals surface area contributed by atoms with Crippen LogP contribution in [-0.2, 0) is 11.2 Å². The third-order valence-electron chi connectivity index (χ3n) is 3.62. The largest absolute Gasteiger partial charge is 0.469 e. The van der Waals surface area contributed by atoms with E-state index in [9.17, 15) is 4.79 Å². The first-order valence-electron chi connectivity index (χ1n) is 8.12. The van der Waals surface area contributed by atoms with Crippen molar-refractivity contribution in [1.29, 1.82) is 0 Å². The Labute approximate surface area is 155 Å². The average Bonchev–Trinajstić information content (AvgIpc) is 3.22. The molecule has 2 rings (SSSR count). The first kappa shape index (κ1) is 19.8. The van der Waals surface area contributed by atoms with E-state index in [1.807, 2.05) is 17.0 Å². The number of nitrogens with zero attached hydrogens (tertiary/aromatic N) is 2. The maximum Gasteiger partial charge on any atom is 0.244 e. The van der Waals surface area contributed by atoms with E-state index in [0.29, 0.717) is 5.96 Å². The second kappa shape index (κ2) is 11.3. The van der Waals surface area contributed by atoms with Crippen molar-refractivity contribution in [2.24, 2.45) is 4.99 Å². The molecule has 0 unspecified atom stereocenters. The third kappa shape index (κ3) is 7.24. The van der Waals surface area contributed by atoms with E-state index < -0.39 is 0 Å². The minimum atomic E-state index is 0. The van der Waals surface area contributed by atoms with Crippen LogP contribution in [0.15, 0.2) is 27.8 Å².